The number of halogens is 2. The van der Waals surface area contributed by atoms with E-state index in [1.54, 1.807) is 17.8 Å². The van der Waals surface area contributed by atoms with Crippen molar-refractivity contribution in [2.45, 2.75) is 0 Å². The third kappa shape index (κ3) is 1.68. The molecule has 0 amide bonds. The molecule has 0 aliphatic carbocycles. The predicted molar refractivity (Wildman–Crippen MR) is 58.0 cm³/mol. The second kappa shape index (κ2) is 3.55. The number of anilines is 1. The van der Waals surface area contributed by atoms with Gasteiger partial charge in [0.1, 0.15) is 5.82 Å². The number of aryl methyl sites for hydroxylation is 1. The van der Waals surface area contributed by atoms with E-state index in [0.717, 1.165) is 0 Å². The summed E-state index contributed by atoms with van der Waals surface area (Å²) in [6, 6.07) is 4.55. The molecule has 0 radical (unpaired) electrons. The van der Waals surface area contributed by atoms with Gasteiger partial charge in [-0.25, -0.2) is 4.39 Å². The minimum absolute atomic E-state index is 0.0967. The monoisotopic (exact) mass is 225 g/mol. The number of aromatic nitrogens is 2. The molecule has 0 saturated heterocycles. The molecule has 5 heteroatoms. The summed E-state index contributed by atoms with van der Waals surface area (Å²) in [6.07, 6.45) is 1.53. The van der Waals surface area contributed by atoms with Gasteiger partial charge in [0.15, 0.2) is 0 Å². The van der Waals surface area contributed by atoms with Gasteiger partial charge in [-0.2, -0.15) is 5.10 Å². The summed E-state index contributed by atoms with van der Waals surface area (Å²) in [5.41, 5.74) is 7.58. The summed E-state index contributed by atoms with van der Waals surface area (Å²) < 4.78 is 14.8. The maximum atomic E-state index is 13.2. The van der Waals surface area contributed by atoms with Crippen LogP contribution >= 0.6 is 11.6 Å². The van der Waals surface area contributed by atoms with Crippen LogP contribution in [-0.2, 0) is 7.05 Å². The Morgan fingerprint density at radius 1 is 1.47 bits per heavy atom. The Morgan fingerprint density at radius 2 is 2.20 bits per heavy atom. The molecule has 1 heterocycles. The number of benzene rings is 1. The van der Waals surface area contributed by atoms with Crippen LogP contribution in [0.1, 0.15) is 0 Å². The topological polar surface area (TPSA) is 43.8 Å². The van der Waals surface area contributed by atoms with Crippen molar-refractivity contribution in [1.82, 2.24) is 9.78 Å². The number of nitrogens with two attached hydrogens (primary N) is 1. The maximum absolute atomic E-state index is 13.2. The number of nitrogens with zero attached hydrogens (tertiary/aromatic N) is 2. The molecule has 0 saturated carbocycles. The first-order valence-corrected chi connectivity index (χ1v) is 4.70. The molecule has 0 unspecified atom stereocenters. The second-order valence-electron chi connectivity index (χ2n) is 3.20. The third-order valence-corrected chi connectivity index (χ3v) is 2.47. The third-order valence-electron chi connectivity index (χ3n) is 2.16. The molecule has 0 bridgehead atoms. The molecule has 2 rings (SSSR count). The second-order valence-corrected chi connectivity index (χ2v) is 3.61. The van der Waals surface area contributed by atoms with Crippen LogP contribution in [0.2, 0.25) is 5.02 Å². The summed E-state index contributed by atoms with van der Waals surface area (Å²) in [6.45, 7) is 0. The average Bonchev–Trinajstić information content (AvgIpc) is 2.52. The standard InChI is InChI=1S/C10H9ClFN3/c1-15-10(9(13)5-14-15)6-2-3-7(11)8(12)4-6/h2-5H,13H2,1H3. The highest BCUT2D eigenvalue weighted by atomic mass is 35.5. The normalized spacial score (nSPS) is 10.6. The molecular formula is C10H9ClFN3. The van der Waals surface area contributed by atoms with Gasteiger partial charge in [0, 0.05) is 12.6 Å². The molecule has 0 aliphatic heterocycles. The van der Waals surface area contributed by atoms with Crippen molar-refractivity contribution in [3.05, 3.63) is 35.2 Å². The lowest BCUT2D eigenvalue weighted by atomic mass is 10.1. The fourth-order valence-electron chi connectivity index (χ4n) is 1.45. The van der Waals surface area contributed by atoms with Gasteiger partial charge in [0.25, 0.3) is 0 Å². The Hall–Kier alpha value is -1.55. The molecule has 3 nitrogen and oxygen atoms in total. The van der Waals surface area contributed by atoms with Gasteiger partial charge >= 0.3 is 0 Å². The zero-order valence-corrected chi connectivity index (χ0v) is 8.79. The zero-order chi connectivity index (χ0) is 11.0. The van der Waals surface area contributed by atoms with E-state index in [1.165, 1.54) is 18.3 Å². The summed E-state index contributed by atoms with van der Waals surface area (Å²) >= 11 is 5.59. The van der Waals surface area contributed by atoms with Crippen molar-refractivity contribution in [2.75, 3.05) is 5.73 Å². The van der Waals surface area contributed by atoms with E-state index < -0.39 is 5.82 Å². The predicted octanol–water partition coefficient (Wildman–Crippen LogP) is 2.46. The molecule has 15 heavy (non-hydrogen) atoms. The van der Waals surface area contributed by atoms with Crippen LogP contribution in [0, 0.1) is 5.82 Å². The summed E-state index contributed by atoms with van der Waals surface area (Å²) in [4.78, 5) is 0. The molecule has 1 aromatic heterocycles. The first kappa shape index (κ1) is 9.98. The van der Waals surface area contributed by atoms with Gasteiger partial charge < -0.3 is 5.73 Å². The van der Waals surface area contributed by atoms with Crippen molar-refractivity contribution >= 4 is 17.3 Å². The van der Waals surface area contributed by atoms with Gasteiger partial charge in [-0.3, -0.25) is 4.68 Å². The van der Waals surface area contributed by atoms with E-state index in [4.69, 9.17) is 17.3 Å². The van der Waals surface area contributed by atoms with Gasteiger partial charge in [-0.1, -0.05) is 17.7 Å². The smallest absolute Gasteiger partial charge is 0.142 e. The summed E-state index contributed by atoms with van der Waals surface area (Å²) in [5, 5.41) is 4.08. The van der Waals surface area contributed by atoms with Crippen LogP contribution in [0.5, 0.6) is 0 Å². The summed E-state index contributed by atoms with van der Waals surface area (Å²) in [5.74, 6) is -0.463. The molecule has 1 aromatic carbocycles. The van der Waals surface area contributed by atoms with Crippen LogP contribution in [0.4, 0.5) is 10.1 Å². The van der Waals surface area contributed by atoms with Crippen LogP contribution in [0.15, 0.2) is 24.4 Å². The van der Waals surface area contributed by atoms with Crippen LogP contribution < -0.4 is 5.73 Å². The molecule has 2 N–H and O–H groups in total. The SMILES string of the molecule is Cn1ncc(N)c1-c1ccc(Cl)c(F)c1. The Morgan fingerprint density at radius 3 is 2.73 bits per heavy atom. The minimum Gasteiger partial charge on any atom is -0.396 e. The molecule has 2 aromatic rings. The van der Waals surface area contributed by atoms with Crippen LogP contribution in [-0.4, -0.2) is 9.78 Å². The highest BCUT2D eigenvalue weighted by Gasteiger charge is 2.10. The molecular weight excluding hydrogens is 217 g/mol. The number of nitrogen functional groups attached to an aromatic ring is 1. The molecule has 0 spiro atoms. The highest BCUT2D eigenvalue weighted by Crippen LogP contribution is 2.27. The first-order valence-electron chi connectivity index (χ1n) is 4.32. The molecule has 0 atom stereocenters. The van der Waals surface area contributed by atoms with E-state index in [-0.39, 0.29) is 5.02 Å². The van der Waals surface area contributed by atoms with Crippen molar-refractivity contribution in [3.63, 3.8) is 0 Å². The van der Waals surface area contributed by atoms with E-state index in [9.17, 15) is 4.39 Å². The molecule has 78 valence electrons. The Labute approximate surface area is 91.3 Å². The number of rotatable bonds is 1. The molecule has 0 aliphatic rings. The van der Waals surface area contributed by atoms with Gasteiger partial charge in [-0.15, -0.1) is 0 Å². The fraction of sp³-hybridized carbons (Fsp3) is 0.100. The van der Waals surface area contributed by atoms with Crippen LogP contribution in [0.3, 0.4) is 0 Å². The van der Waals surface area contributed by atoms with Crippen LogP contribution in [0.25, 0.3) is 11.3 Å². The first-order chi connectivity index (χ1) is 7.09. The minimum atomic E-state index is -0.463. The summed E-state index contributed by atoms with van der Waals surface area (Å²) in [7, 11) is 1.75. The number of hydrogen-bond acceptors (Lipinski definition) is 2. The maximum Gasteiger partial charge on any atom is 0.142 e. The number of hydrogen-bond donors (Lipinski definition) is 1. The Balaban J connectivity index is 2.59. The Kier molecular flexibility index (Phi) is 2.36. The quantitative estimate of drug-likeness (QED) is 0.810. The highest BCUT2D eigenvalue weighted by molar-refractivity contribution is 6.30. The van der Waals surface area contributed by atoms with E-state index in [2.05, 4.69) is 5.10 Å². The lowest BCUT2D eigenvalue weighted by Crippen LogP contribution is -1.96. The van der Waals surface area contributed by atoms with E-state index in [0.29, 0.717) is 16.9 Å². The lowest BCUT2D eigenvalue weighted by Gasteiger charge is -2.04. The van der Waals surface area contributed by atoms with Crippen molar-refractivity contribution in [3.8, 4) is 11.3 Å². The van der Waals surface area contributed by atoms with E-state index in [1.807, 2.05) is 0 Å². The Bertz CT molecular complexity index is 488. The fourth-order valence-corrected chi connectivity index (χ4v) is 1.57. The van der Waals surface area contributed by atoms with Gasteiger partial charge in [0.2, 0.25) is 0 Å². The zero-order valence-electron chi connectivity index (χ0n) is 8.04. The van der Waals surface area contributed by atoms with E-state index >= 15 is 0 Å². The van der Waals surface area contributed by atoms with Crippen molar-refractivity contribution in [1.29, 1.82) is 0 Å². The average molecular weight is 226 g/mol. The van der Waals surface area contributed by atoms with Crippen molar-refractivity contribution < 1.29 is 4.39 Å². The van der Waals surface area contributed by atoms with Gasteiger partial charge in [-0.05, 0) is 12.1 Å². The molecule has 0 fully saturated rings. The van der Waals surface area contributed by atoms with Gasteiger partial charge in [0.05, 0.1) is 22.6 Å². The van der Waals surface area contributed by atoms with Crippen molar-refractivity contribution in [2.24, 2.45) is 7.05 Å². The largest absolute Gasteiger partial charge is 0.396 e. The lowest BCUT2D eigenvalue weighted by molar-refractivity contribution is 0.628.